The zero-order valence-electron chi connectivity index (χ0n) is 11.1. The molecule has 2 rings (SSSR count). The predicted octanol–water partition coefficient (Wildman–Crippen LogP) is 1.47. The van der Waals surface area contributed by atoms with Crippen LogP contribution in [0.4, 0.5) is 5.69 Å². The standard InChI is InChI=1S/C13H14N2O5/c1-13(17,12(16)20-2)8-14-7-6-9-10(14)4-3-5-11(9)15(18)19/h3-7,17H,8H2,1-2H3. The first-order valence-electron chi connectivity index (χ1n) is 5.90. The number of ether oxygens (including phenoxy) is 1. The molecule has 1 atom stereocenters. The van der Waals surface area contributed by atoms with Gasteiger partial charge in [-0.25, -0.2) is 4.79 Å². The second kappa shape index (κ2) is 4.93. The number of aromatic nitrogens is 1. The second-order valence-corrected chi connectivity index (χ2v) is 4.68. The first-order chi connectivity index (χ1) is 9.36. The van der Waals surface area contributed by atoms with Crippen molar-refractivity contribution in [1.29, 1.82) is 0 Å². The van der Waals surface area contributed by atoms with E-state index in [-0.39, 0.29) is 12.2 Å². The summed E-state index contributed by atoms with van der Waals surface area (Å²) in [5, 5.41) is 21.5. The molecule has 1 heterocycles. The van der Waals surface area contributed by atoms with Gasteiger partial charge in [0.15, 0.2) is 5.60 Å². The quantitative estimate of drug-likeness (QED) is 0.519. The smallest absolute Gasteiger partial charge is 0.339 e. The highest BCUT2D eigenvalue weighted by molar-refractivity contribution is 5.89. The summed E-state index contributed by atoms with van der Waals surface area (Å²) in [6.45, 7) is 1.28. The molecule has 1 aromatic carbocycles. The Morgan fingerprint density at radius 2 is 2.20 bits per heavy atom. The lowest BCUT2D eigenvalue weighted by atomic mass is 10.1. The van der Waals surface area contributed by atoms with Crippen molar-refractivity contribution in [2.24, 2.45) is 0 Å². The molecule has 0 aliphatic carbocycles. The van der Waals surface area contributed by atoms with Gasteiger partial charge < -0.3 is 14.4 Å². The van der Waals surface area contributed by atoms with Crippen molar-refractivity contribution < 1.29 is 19.6 Å². The Bertz CT molecular complexity index is 674. The van der Waals surface area contributed by atoms with Gasteiger partial charge in [-0.15, -0.1) is 0 Å². The van der Waals surface area contributed by atoms with E-state index in [2.05, 4.69) is 4.74 Å². The van der Waals surface area contributed by atoms with Gasteiger partial charge in [0.05, 0.1) is 29.5 Å². The number of fused-ring (bicyclic) bond motifs is 1. The Morgan fingerprint density at radius 3 is 2.80 bits per heavy atom. The highest BCUT2D eigenvalue weighted by Gasteiger charge is 2.32. The van der Waals surface area contributed by atoms with Crippen LogP contribution < -0.4 is 0 Å². The number of non-ortho nitro benzene ring substituents is 1. The van der Waals surface area contributed by atoms with Crippen molar-refractivity contribution in [3.05, 3.63) is 40.6 Å². The maximum absolute atomic E-state index is 11.5. The minimum Gasteiger partial charge on any atom is -0.467 e. The molecular weight excluding hydrogens is 264 g/mol. The number of rotatable bonds is 4. The van der Waals surface area contributed by atoms with Crippen molar-refractivity contribution >= 4 is 22.6 Å². The molecule has 7 nitrogen and oxygen atoms in total. The number of carbonyl (C=O) groups excluding carboxylic acids is 1. The van der Waals surface area contributed by atoms with Gasteiger partial charge in [0, 0.05) is 12.3 Å². The van der Waals surface area contributed by atoms with Gasteiger partial charge in [-0.3, -0.25) is 10.1 Å². The first kappa shape index (κ1) is 14.0. The summed E-state index contributed by atoms with van der Waals surface area (Å²) in [5.41, 5.74) is -1.15. The average Bonchev–Trinajstić information content (AvgIpc) is 2.80. The van der Waals surface area contributed by atoms with Gasteiger partial charge in [0.1, 0.15) is 0 Å². The van der Waals surface area contributed by atoms with E-state index in [0.717, 1.165) is 0 Å². The third-order valence-electron chi connectivity index (χ3n) is 3.09. The molecule has 0 fully saturated rings. The van der Waals surface area contributed by atoms with E-state index in [0.29, 0.717) is 10.9 Å². The van der Waals surface area contributed by atoms with Gasteiger partial charge >= 0.3 is 5.97 Å². The first-order valence-corrected chi connectivity index (χ1v) is 5.90. The third kappa shape index (κ3) is 2.35. The fraction of sp³-hybridized carbons (Fsp3) is 0.308. The number of hydrogen-bond acceptors (Lipinski definition) is 5. The van der Waals surface area contributed by atoms with Gasteiger partial charge in [0.25, 0.3) is 5.69 Å². The van der Waals surface area contributed by atoms with Crippen LogP contribution in [0.1, 0.15) is 6.92 Å². The fourth-order valence-corrected chi connectivity index (χ4v) is 2.12. The second-order valence-electron chi connectivity index (χ2n) is 4.68. The lowest BCUT2D eigenvalue weighted by Gasteiger charge is -2.21. The molecule has 0 saturated heterocycles. The summed E-state index contributed by atoms with van der Waals surface area (Å²) in [6.07, 6.45) is 1.59. The third-order valence-corrected chi connectivity index (χ3v) is 3.09. The minimum absolute atomic E-state index is 0.0149. The topological polar surface area (TPSA) is 94.6 Å². The molecule has 0 aliphatic heterocycles. The van der Waals surface area contributed by atoms with Crippen LogP contribution in [-0.4, -0.2) is 33.3 Å². The van der Waals surface area contributed by atoms with E-state index in [1.54, 1.807) is 29.0 Å². The van der Waals surface area contributed by atoms with Crippen LogP contribution in [0.3, 0.4) is 0 Å². The zero-order chi connectivity index (χ0) is 14.9. The van der Waals surface area contributed by atoms with Crippen LogP contribution >= 0.6 is 0 Å². The van der Waals surface area contributed by atoms with Crippen LogP contribution in [0.15, 0.2) is 30.5 Å². The van der Waals surface area contributed by atoms with E-state index >= 15 is 0 Å². The van der Waals surface area contributed by atoms with Crippen molar-refractivity contribution in [2.45, 2.75) is 19.1 Å². The highest BCUT2D eigenvalue weighted by Crippen LogP contribution is 2.27. The summed E-state index contributed by atoms with van der Waals surface area (Å²) in [5.74, 6) is -0.759. The number of carbonyl (C=O) groups is 1. The molecule has 20 heavy (non-hydrogen) atoms. The molecule has 0 radical (unpaired) electrons. The molecule has 0 spiro atoms. The number of nitro benzene ring substituents is 1. The zero-order valence-corrected chi connectivity index (χ0v) is 11.1. The summed E-state index contributed by atoms with van der Waals surface area (Å²) >= 11 is 0. The maximum atomic E-state index is 11.5. The van der Waals surface area contributed by atoms with E-state index in [1.807, 2.05) is 0 Å². The van der Waals surface area contributed by atoms with E-state index in [1.165, 1.54) is 20.1 Å². The molecule has 1 unspecified atom stereocenters. The molecular formula is C13H14N2O5. The number of esters is 1. The van der Waals surface area contributed by atoms with Crippen LogP contribution in [0, 0.1) is 10.1 Å². The van der Waals surface area contributed by atoms with Crippen molar-refractivity contribution in [3.8, 4) is 0 Å². The fourth-order valence-electron chi connectivity index (χ4n) is 2.12. The molecule has 7 heteroatoms. The lowest BCUT2D eigenvalue weighted by Crippen LogP contribution is -2.40. The summed E-state index contributed by atoms with van der Waals surface area (Å²) in [4.78, 5) is 21.9. The average molecular weight is 278 g/mol. The Hall–Kier alpha value is -2.41. The molecule has 106 valence electrons. The van der Waals surface area contributed by atoms with E-state index in [9.17, 15) is 20.0 Å². The van der Waals surface area contributed by atoms with Crippen molar-refractivity contribution in [2.75, 3.05) is 7.11 Å². The van der Waals surface area contributed by atoms with Crippen molar-refractivity contribution in [1.82, 2.24) is 4.57 Å². The Morgan fingerprint density at radius 1 is 1.50 bits per heavy atom. The number of aliphatic hydroxyl groups is 1. The van der Waals surface area contributed by atoms with Gasteiger partial charge in [-0.2, -0.15) is 0 Å². The van der Waals surface area contributed by atoms with E-state index in [4.69, 9.17) is 0 Å². The van der Waals surface area contributed by atoms with Gasteiger partial charge in [-0.1, -0.05) is 6.07 Å². The monoisotopic (exact) mass is 278 g/mol. The molecule has 2 aromatic rings. The largest absolute Gasteiger partial charge is 0.467 e. The van der Waals surface area contributed by atoms with Crippen LogP contribution in [0.25, 0.3) is 10.9 Å². The summed E-state index contributed by atoms with van der Waals surface area (Å²) < 4.78 is 6.11. The van der Waals surface area contributed by atoms with Crippen molar-refractivity contribution in [3.63, 3.8) is 0 Å². The minimum atomic E-state index is -1.70. The highest BCUT2D eigenvalue weighted by atomic mass is 16.6. The summed E-state index contributed by atoms with van der Waals surface area (Å²) in [6, 6.07) is 6.24. The lowest BCUT2D eigenvalue weighted by molar-refractivity contribution is -0.383. The Labute approximate surface area is 114 Å². The number of nitro groups is 1. The number of nitrogens with zero attached hydrogens (tertiary/aromatic N) is 2. The van der Waals surface area contributed by atoms with Gasteiger partial charge in [-0.05, 0) is 19.1 Å². The molecule has 1 aromatic heterocycles. The van der Waals surface area contributed by atoms with Crippen LogP contribution in [0.5, 0.6) is 0 Å². The SMILES string of the molecule is COC(=O)C(C)(O)Cn1ccc2c([N+](=O)[O-])cccc21. The Balaban J connectivity index is 2.45. The van der Waals surface area contributed by atoms with Crippen LogP contribution in [0.2, 0.25) is 0 Å². The van der Waals surface area contributed by atoms with E-state index < -0.39 is 16.5 Å². The molecule has 0 amide bonds. The normalized spacial score (nSPS) is 13.9. The maximum Gasteiger partial charge on any atom is 0.339 e. The van der Waals surface area contributed by atoms with Crippen LogP contribution in [-0.2, 0) is 16.1 Å². The Kier molecular flexibility index (Phi) is 3.46. The predicted molar refractivity (Wildman–Crippen MR) is 71.2 cm³/mol. The molecule has 1 N–H and O–H groups in total. The number of benzene rings is 1. The van der Waals surface area contributed by atoms with Gasteiger partial charge in [0.2, 0.25) is 0 Å². The molecule has 0 saturated carbocycles. The molecule has 0 aliphatic rings. The summed E-state index contributed by atoms with van der Waals surface area (Å²) in [7, 11) is 1.19. The number of methoxy groups -OCH3 is 1. The molecule has 0 bridgehead atoms. The number of hydrogen-bond donors (Lipinski definition) is 1.